The van der Waals surface area contributed by atoms with Crippen molar-refractivity contribution < 1.29 is 29.5 Å². The highest BCUT2D eigenvalue weighted by molar-refractivity contribution is 8.00. The number of carbonyl (C=O) groups is 3. The number of nitro groups is 1. The van der Waals surface area contributed by atoms with Gasteiger partial charge in [-0.2, -0.15) is 0 Å². The second-order valence-electron chi connectivity index (χ2n) is 6.12. The Bertz CT molecular complexity index is 895. The lowest BCUT2D eigenvalue weighted by Crippen LogP contribution is -2.70. The summed E-state index contributed by atoms with van der Waals surface area (Å²) in [5, 5.41) is 31.6. The average molecular weight is 411 g/mol. The fourth-order valence-corrected chi connectivity index (χ4v) is 4.50. The van der Waals surface area contributed by atoms with E-state index in [0.717, 1.165) is 9.47 Å². The highest BCUT2D eigenvalue weighted by atomic mass is 32.2. The van der Waals surface area contributed by atoms with Crippen molar-refractivity contribution >= 4 is 35.5 Å². The zero-order valence-electron chi connectivity index (χ0n) is 14.7. The molecule has 13 heteroatoms. The third kappa shape index (κ3) is 3.22. The summed E-state index contributed by atoms with van der Waals surface area (Å²) in [5.74, 6) is -2.81. The molecule has 2 amide bonds. The first-order chi connectivity index (χ1) is 13.3. The predicted octanol–water partition coefficient (Wildman–Crippen LogP) is -0.915. The standard InChI is InChI=1S/C15H17N5O7S/c1-2-8-3-16-15(20(26)27)18(8)4-9(22)17-10-12(23)19-11(14(24)25)7(5-21)6-28-13(10)19/h3,10,13,21H,2,4-6H2,1H3,(H,17,22)(H,24,25). The first-order valence-corrected chi connectivity index (χ1v) is 9.34. The first-order valence-electron chi connectivity index (χ1n) is 8.29. The molecule has 1 fully saturated rings. The third-order valence-electron chi connectivity index (χ3n) is 4.50. The molecule has 0 radical (unpaired) electrons. The van der Waals surface area contributed by atoms with E-state index in [1.807, 2.05) is 0 Å². The molecular formula is C15H17N5O7S. The number of nitrogens with one attached hydrogen (secondary N) is 1. The van der Waals surface area contributed by atoms with Crippen LogP contribution in [0.3, 0.4) is 0 Å². The van der Waals surface area contributed by atoms with Crippen molar-refractivity contribution in [3.63, 3.8) is 0 Å². The van der Waals surface area contributed by atoms with Crippen LogP contribution in [-0.2, 0) is 27.3 Å². The molecule has 0 saturated carbocycles. The number of aliphatic carboxylic acids is 1. The number of carbonyl (C=O) groups excluding carboxylic acids is 2. The van der Waals surface area contributed by atoms with E-state index in [1.54, 1.807) is 6.92 Å². The highest BCUT2D eigenvalue weighted by Gasteiger charge is 2.54. The number of fused-ring (bicyclic) bond motifs is 1. The largest absolute Gasteiger partial charge is 0.477 e. The zero-order chi connectivity index (χ0) is 20.6. The molecule has 1 saturated heterocycles. The van der Waals surface area contributed by atoms with Crippen LogP contribution in [0.15, 0.2) is 17.5 Å². The van der Waals surface area contributed by atoms with E-state index in [-0.39, 0.29) is 23.6 Å². The van der Waals surface area contributed by atoms with Gasteiger partial charge in [0.15, 0.2) is 6.54 Å². The summed E-state index contributed by atoms with van der Waals surface area (Å²) in [6.07, 6.45) is 1.75. The molecule has 2 aliphatic rings. The van der Waals surface area contributed by atoms with Gasteiger partial charge in [0, 0.05) is 12.2 Å². The Hall–Kier alpha value is -2.93. The smallest absolute Gasteiger partial charge is 0.435 e. The van der Waals surface area contributed by atoms with Gasteiger partial charge >= 0.3 is 11.9 Å². The molecule has 3 heterocycles. The van der Waals surface area contributed by atoms with Crippen LogP contribution in [0.2, 0.25) is 0 Å². The summed E-state index contributed by atoms with van der Waals surface area (Å²) in [5.41, 5.74) is 0.466. The molecule has 3 N–H and O–H groups in total. The summed E-state index contributed by atoms with van der Waals surface area (Å²) < 4.78 is 1.16. The molecule has 150 valence electrons. The van der Waals surface area contributed by atoms with E-state index < -0.39 is 46.7 Å². The van der Waals surface area contributed by atoms with Crippen molar-refractivity contribution in [2.45, 2.75) is 31.3 Å². The molecule has 0 spiro atoms. The number of carboxylic acids is 1. The number of aromatic nitrogens is 2. The Labute approximate surface area is 162 Å². The maximum atomic E-state index is 12.4. The minimum Gasteiger partial charge on any atom is -0.477 e. The number of aliphatic hydroxyl groups is 1. The second kappa shape index (κ2) is 7.59. The Balaban J connectivity index is 1.73. The van der Waals surface area contributed by atoms with E-state index >= 15 is 0 Å². The summed E-state index contributed by atoms with van der Waals surface area (Å²) in [7, 11) is 0. The van der Waals surface area contributed by atoms with Crippen LogP contribution in [0.1, 0.15) is 12.6 Å². The minimum absolute atomic E-state index is 0.214. The summed E-state index contributed by atoms with van der Waals surface area (Å²) in [6.45, 7) is 0.899. The maximum Gasteiger partial charge on any atom is 0.435 e. The molecule has 2 atom stereocenters. The predicted molar refractivity (Wildman–Crippen MR) is 95.0 cm³/mol. The van der Waals surface area contributed by atoms with Gasteiger partial charge in [0.25, 0.3) is 11.8 Å². The topological polar surface area (TPSA) is 168 Å². The van der Waals surface area contributed by atoms with Gasteiger partial charge < -0.3 is 25.6 Å². The number of imidazole rings is 1. The van der Waals surface area contributed by atoms with E-state index in [4.69, 9.17) is 0 Å². The Morgan fingerprint density at radius 2 is 2.21 bits per heavy atom. The van der Waals surface area contributed by atoms with Gasteiger partial charge in [0.1, 0.15) is 29.0 Å². The van der Waals surface area contributed by atoms with Crippen molar-refractivity contribution in [1.29, 1.82) is 0 Å². The summed E-state index contributed by atoms with van der Waals surface area (Å²) in [4.78, 5) is 51.3. The lowest BCUT2D eigenvalue weighted by atomic mass is 10.0. The van der Waals surface area contributed by atoms with Gasteiger partial charge in [0.05, 0.1) is 6.61 Å². The molecule has 12 nitrogen and oxygen atoms in total. The number of amides is 2. The van der Waals surface area contributed by atoms with Crippen molar-refractivity contribution in [3.05, 3.63) is 33.3 Å². The van der Waals surface area contributed by atoms with E-state index in [9.17, 15) is 34.7 Å². The van der Waals surface area contributed by atoms with Crippen molar-refractivity contribution in [2.75, 3.05) is 12.4 Å². The van der Waals surface area contributed by atoms with Crippen LogP contribution in [-0.4, -0.2) is 71.1 Å². The van der Waals surface area contributed by atoms with Crippen molar-refractivity contribution in [2.24, 2.45) is 0 Å². The summed E-state index contributed by atoms with van der Waals surface area (Å²) in [6, 6.07) is -0.945. The lowest BCUT2D eigenvalue weighted by molar-refractivity contribution is -0.396. The SMILES string of the molecule is CCc1cnc([N+](=O)[O-])n1CC(=O)NC1C(=O)N2C(C(=O)O)=C(CO)CSC12. The quantitative estimate of drug-likeness (QED) is 0.292. The molecule has 2 unspecified atom stereocenters. The van der Waals surface area contributed by atoms with Crippen LogP contribution < -0.4 is 5.32 Å². The second-order valence-corrected chi connectivity index (χ2v) is 7.22. The van der Waals surface area contributed by atoms with Crippen molar-refractivity contribution in [1.82, 2.24) is 19.8 Å². The normalized spacial score (nSPS) is 21.2. The van der Waals surface area contributed by atoms with E-state index in [1.165, 1.54) is 18.0 Å². The Morgan fingerprint density at radius 3 is 2.79 bits per heavy atom. The van der Waals surface area contributed by atoms with Crippen molar-refractivity contribution in [3.8, 4) is 0 Å². The molecule has 0 aliphatic carbocycles. The number of β-lactam (4-membered cyclic amide) rings is 1. The Kier molecular flexibility index (Phi) is 5.38. The lowest BCUT2D eigenvalue weighted by Gasteiger charge is -2.49. The van der Waals surface area contributed by atoms with Crippen LogP contribution >= 0.6 is 11.8 Å². The molecule has 2 aliphatic heterocycles. The number of aliphatic hydroxyl groups excluding tert-OH is 1. The van der Waals surface area contributed by atoms with Gasteiger partial charge in [-0.15, -0.1) is 11.8 Å². The number of carboxylic acid groups (broad SMARTS) is 1. The van der Waals surface area contributed by atoms with Gasteiger partial charge in [0.2, 0.25) is 0 Å². The first kappa shape index (κ1) is 19.8. The van der Waals surface area contributed by atoms with E-state index in [0.29, 0.717) is 12.1 Å². The fraction of sp³-hybridized carbons (Fsp3) is 0.467. The molecule has 3 rings (SSSR count). The molecule has 0 aromatic carbocycles. The van der Waals surface area contributed by atoms with Crippen LogP contribution in [0.4, 0.5) is 5.95 Å². The number of hydrogen-bond acceptors (Lipinski definition) is 8. The minimum atomic E-state index is -1.32. The molecule has 28 heavy (non-hydrogen) atoms. The van der Waals surface area contributed by atoms with Crippen LogP contribution in [0.5, 0.6) is 0 Å². The Morgan fingerprint density at radius 1 is 1.50 bits per heavy atom. The summed E-state index contributed by atoms with van der Waals surface area (Å²) >= 11 is 1.23. The zero-order valence-corrected chi connectivity index (χ0v) is 15.5. The van der Waals surface area contributed by atoms with Crippen LogP contribution in [0, 0.1) is 10.1 Å². The molecule has 1 aromatic rings. The maximum absolute atomic E-state index is 12.4. The highest BCUT2D eigenvalue weighted by Crippen LogP contribution is 2.40. The molecule has 1 aromatic heterocycles. The van der Waals surface area contributed by atoms with Gasteiger partial charge in [-0.1, -0.05) is 11.9 Å². The van der Waals surface area contributed by atoms with Gasteiger partial charge in [-0.3, -0.25) is 14.5 Å². The third-order valence-corrected chi connectivity index (χ3v) is 5.84. The fourth-order valence-electron chi connectivity index (χ4n) is 3.17. The number of hydrogen-bond donors (Lipinski definition) is 3. The van der Waals surface area contributed by atoms with Gasteiger partial charge in [-0.25, -0.2) is 9.36 Å². The van der Waals surface area contributed by atoms with Crippen LogP contribution in [0.25, 0.3) is 0 Å². The van der Waals surface area contributed by atoms with Gasteiger partial charge in [-0.05, 0) is 10.5 Å². The number of nitrogens with zero attached hydrogens (tertiary/aromatic N) is 4. The number of rotatable bonds is 7. The number of thioether (sulfide) groups is 1. The molecule has 0 bridgehead atoms. The molecular weight excluding hydrogens is 394 g/mol. The average Bonchev–Trinajstić information content (AvgIpc) is 3.07. The monoisotopic (exact) mass is 411 g/mol. The number of aryl methyl sites for hydroxylation is 1. The van der Waals surface area contributed by atoms with E-state index in [2.05, 4.69) is 10.3 Å².